The molecule has 0 radical (unpaired) electrons. The lowest BCUT2D eigenvalue weighted by atomic mass is 9.98. The summed E-state index contributed by atoms with van der Waals surface area (Å²) in [4.78, 5) is 22.4. The minimum absolute atomic E-state index is 0.0651. The third-order valence-electron chi connectivity index (χ3n) is 5.35. The SMILES string of the molecule is Cc1ccc(CN2[C@H]3CC[C@H]2Cc2c(nc(C)[nH]c2=O)C3)cc1. The van der Waals surface area contributed by atoms with Gasteiger partial charge >= 0.3 is 0 Å². The summed E-state index contributed by atoms with van der Waals surface area (Å²) in [7, 11) is 0. The summed E-state index contributed by atoms with van der Waals surface area (Å²) in [6.45, 7) is 4.96. The number of hydrogen-bond donors (Lipinski definition) is 1. The van der Waals surface area contributed by atoms with Crippen molar-refractivity contribution in [2.75, 3.05) is 0 Å². The Kier molecular flexibility index (Phi) is 3.57. The lowest BCUT2D eigenvalue weighted by molar-refractivity contribution is 0.187. The van der Waals surface area contributed by atoms with Crippen molar-refractivity contribution in [1.29, 1.82) is 0 Å². The van der Waals surface area contributed by atoms with Crippen LogP contribution in [0.4, 0.5) is 0 Å². The maximum Gasteiger partial charge on any atom is 0.254 e. The topological polar surface area (TPSA) is 49.0 Å². The van der Waals surface area contributed by atoms with Crippen molar-refractivity contribution in [2.24, 2.45) is 0 Å². The molecule has 1 aromatic carbocycles. The van der Waals surface area contributed by atoms with Gasteiger partial charge in [0.05, 0.1) is 5.69 Å². The highest BCUT2D eigenvalue weighted by atomic mass is 16.1. The quantitative estimate of drug-likeness (QED) is 0.927. The minimum atomic E-state index is 0.0651. The van der Waals surface area contributed by atoms with Gasteiger partial charge < -0.3 is 4.98 Å². The number of hydrogen-bond acceptors (Lipinski definition) is 3. The number of fused-ring (bicyclic) bond motifs is 3. The molecule has 0 spiro atoms. The second-order valence-electron chi connectivity index (χ2n) is 7.03. The Morgan fingerprint density at radius 2 is 1.83 bits per heavy atom. The number of H-pyrrole nitrogens is 1. The van der Waals surface area contributed by atoms with Gasteiger partial charge in [-0.2, -0.15) is 0 Å². The first-order chi connectivity index (χ1) is 11.1. The number of rotatable bonds is 2. The molecule has 1 fully saturated rings. The Morgan fingerprint density at radius 3 is 2.57 bits per heavy atom. The Bertz CT molecular complexity index is 778. The fourth-order valence-electron chi connectivity index (χ4n) is 4.12. The van der Waals surface area contributed by atoms with Gasteiger partial charge in [0, 0.05) is 30.6 Å². The predicted octanol–water partition coefficient (Wildman–Crippen LogP) is 2.52. The predicted molar refractivity (Wildman–Crippen MR) is 90.5 cm³/mol. The van der Waals surface area contributed by atoms with Crippen molar-refractivity contribution < 1.29 is 0 Å². The van der Waals surface area contributed by atoms with Crippen LogP contribution in [0.25, 0.3) is 0 Å². The summed E-state index contributed by atoms with van der Waals surface area (Å²) >= 11 is 0. The molecule has 0 unspecified atom stereocenters. The van der Waals surface area contributed by atoms with Crippen molar-refractivity contribution in [1.82, 2.24) is 14.9 Å². The van der Waals surface area contributed by atoms with Crippen LogP contribution in [0.3, 0.4) is 0 Å². The molecule has 4 heteroatoms. The van der Waals surface area contributed by atoms with E-state index in [4.69, 9.17) is 0 Å². The molecule has 4 nitrogen and oxygen atoms in total. The highest BCUT2D eigenvalue weighted by Gasteiger charge is 2.38. The fourth-order valence-corrected chi connectivity index (χ4v) is 4.12. The summed E-state index contributed by atoms with van der Waals surface area (Å²) in [5.41, 5.74) is 4.65. The van der Waals surface area contributed by atoms with Crippen molar-refractivity contribution >= 4 is 0 Å². The molecule has 0 amide bonds. The highest BCUT2D eigenvalue weighted by Crippen LogP contribution is 2.33. The molecule has 2 aromatic rings. The zero-order chi connectivity index (χ0) is 16.0. The minimum Gasteiger partial charge on any atom is -0.311 e. The van der Waals surface area contributed by atoms with E-state index < -0.39 is 0 Å². The number of aromatic amines is 1. The van der Waals surface area contributed by atoms with E-state index in [0.29, 0.717) is 12.1 Å². The van der Waals surface area contributed by atoms with Gasteiger partial charge in [-0.3, -0.25) is 9.69 Å². The lowest BCUT2D eigenvalue weighted by Gasteiger charge is -2.27. The zero-order valence-electron chi connectivity index (χ0n) is 13.8. The first kappa shape index (κ1) is 14.6. The monoisotopic (exact) mass is 309 g/mol. The van der Waals surface area contributed by atoms with E-state index in [1.165, 1.54) is 24.0 Å². The first-order valence-electron chi connectivity index (χ1n) is 8.50. The molecule has 4 rings (SSSR count). The molecule has 0 aliphatic carbocycles. The fraction of sp³-hybridized carbons (Fsp3) is 0.474. The Morgan fingerprint density at radius 1 is 1.13 bits per heavy atom. The van der Waals surface area contributed by atoms with Gasteiger partial charge in [-0.1, -0.05) is 29.8 Å². The Labute approximate surface area is 136 Å². The number of aromatic nitrogens is 2. The van der Waals surface area contributed by atoms with Gasteiger partial charge in [0.2, 0.25) is 0 Å². The second-order valence-corrected chi connectivity index (χ2v) is 7.03. The van der Waals surface area contributed by atoms with Crippen LogP contribution in [0.15, 0.2) is 29.1 Å². The van der Waals surface area contributed by atoms with Crippen LogP contribution in [-0.4, -0.2) is 27.0 Å². The summed E-state index contributed by atoms with van der Waals surface area (Å²) in [6, 6.07) is 9.78. The Hall–Kier alpha value is -1.94. The van der Waals surface area contributed by atoms with Gasteiger partial charge in [-0.05, 0) is 38.7 Å². The summed E-state index contributed by atoms with van der Waals surface area (Å²) < 4.78 is 0. The molecule has 2 aliphatic rings. The molecule has 120 valence electrons. The second kappa shape index (κ2) is 5.60. The van der Waals surface area contributed by atoms with E-state index in [0.717, 1.165) is 36.5 Å². The largest absolute Gasteiger partial charge is 0.311 e. The molecule has 2 atom stereocenters. The number of nitrogens with zero attached hydrogens (tertiary/aromatic N) is 2. The van der Waals surface area contributed by atoms with Crippen LogP contribution in [0.1, 0.15) is 41.1 Å². The van der Waals surface area contributed by atoms with E-state index >= 15 is 0 Å². The molecular weight excluding hydrogens is 286 g/mol. The maximum absolute atomic E-state index is 12.3. The van der Waals surface area contributed by atoms with Gasteiger partial charge in [0.15, 0.2) is 0 Å². The number of benzene rings is 1. The van der Waals surface area contributed by atoms with E-state index in [-0.39, 0.29) is 5.56 Å². The molecular formula is C19H23N3O. The van der Waals surface area contributed by atoms with E-state index in [1.807, 2.05) is 6.92 Å². The smallest absolute Gasteiger partial charge is 0.254 e. The molecule has 1 saturated heterocycles. The van der Waals surface area contributed by atoms with Crippen LogP contribution in [0, 0.1) is 13.8 Å². The molecule has 2 bridgehead atoms. The molecule has 1 N–H and O–H groups in total. The standard InChI is InChI=1S/C19H23N3O/c1-12-3-5-14(6-4-12)11-22-15-7-8-16(22)10-18-17(9-15)19(23)21-13(2)20-18/h3-6,15-16H,7-11H2,1-2H3,(H,20,21,23)/t15-,16-/m0/s1. The number of nitrogens with one attached hydrogen (secondary N) is 1. The molecule has 2 aliphatic heterocycles. The van der Waals surface area contributed by atoms with Crippen molar-refractivity contribution in [3.05, 3.63) is 62.8 Å². The van der Waals surface area contributed by atoms with Crippen molar-refractivity contribution in [2.45, 2.75) is 58.2 Å². The van der Waals surface area contributed by atoms with Crippen LogP contribution >= 0.6 is 0 Å². The molecule has 1 aromatic heterocycles. The van der Waals surface area contributed by atoms with Gasteiger partial charge in [-0.15, -0.1) is 0 Å². The van der Waals surface area contributed by atoms with Gasteiger partial charge in [0.25, 0.3) is 5.56 Å². The highest BCUT2D eigenvalue weighted by molar-refractivity contribution is 5.26. The molecule has 23 heavy (non-hydrogen) atoms. The van der Waals surface area contributed by atoms with Gasteiger partial charge in [0.1, 0.15) is 5.82 Å². The van der Waals surface area contributed by atoms with E-state index in [2.05, 4.69) is 46.1 Å². The van der Waals surface area contributed by atoms with Crippen LogP contribution in [0.2, 0.25) is 0 Å². The first-order valence-corrected chi connectivity index (χ1v) is 8.50. The van der Waals surface area contributed by atoms with Crippen LogP contribution in [-0.2, 0) is 19.4 Å². The number of aryl methyl sites for hydroxylation is 2. The van der Waals surface area contributed by atoms with E-state index in [1.54, 1.807) is 0 Å². The summed E-state index contributed by atoms with van der Waals surface area (Å²) in [5, 5.41) is 0. The Balaban J connectivity index is 1.64. The van der Waals surface area contributed by atoms with E-state index in [9.17, 15) is 4.79 Å². The van der Waals surface area contributed by atoms with Crippen molar-refractivity contribution in [3.8, 4) is 0 Å². The van der Waals surface area contributed by atoms with Gasteiger partial charge in [-0.25, -0.2) is 4.98 Å². The normalized spacial score (nSPS) is 23.6. The average molecular weight is 309 g/mol. The lowest BCUT2D eigenvalue weighted by Crippen LogP contribution is -2.36. The maximum atomic E-state index is 12.3. The zero-order valence-corrected chi connectivity index (χ0v) is 13.8. The van der Waals surface area contributed by atoms with Crippen molar-refractivity contribution in [3.63, 3.8) is 0 Å². The summed E-state index contributed by atoms with van der Waals surface area (Å²) in [6.07, 6.45) is 4.13. The molecule has 0 saturated carbocycles. The third-order valence-corrected chi connectivity index (χ3v) is 5.35. The van der Waals surface area contributed by atoms with Crippen LogP contribution < -0.4 is 5.56 Å². The average Bonchev–Trinajstić information content (AvgIpc) is 2.78. The summed E-state index contributed by atoms with van der Waals surface area (Å²) in [5.74, 6) is 0.733. The molecule has 3 heterocycles. The third kappa shape index (κ3) is 2.72. The van der Waals surface area contributed by atoms with Crippen LogP contribution in [0.5, 0.6) is 0 Å².